The second-order valence-corrected chi connectivity index (χ2v) is 11.4. The van der Waals surface area contributed by atoms with Crippen molar-refractivity contribution in [2.45, 2.75) is 91.1 Å². The van der Waals surface area contributed by atoms with Crippen molar-refractivity contribution in [3.8, 4) is 11.8 Å². The normalized spacial score (nSPS) is 17.6. The molecule has 0 aromatic heterocycles. The van der Waals surface area contributed by atoms with Crippen molar-refractivity contribution < 1.29 is 4.74 Å². The summed E-state index contributed by atoms with van der Waals surface area (Å²) in [6.45, 7) is 18.5. The van der Waals surface area contributed by atoms with Gasteiger partial charge >= 0.3 is 0 Å². The Labute approximate surface area is 189 Å². The van der Waals surface area contributed by atoms with Gasteiger partial charge in [0.05, 0.1) is 6.07 Å². The molecule has 2 aromatic carbocycles. The number of ether oxygens (including phenoxy) is 1. The van der Waals surface area contributed by atoms with Crippen LogP contribution in [-0.2, 0) is 22.9 Å². The van der Waals surface area contributed by atoms with E-state index in [9.17, 15) is 5.26 Å². The second-order valence-electron chi connectivity index (χ2n) is 11.4. The second kappa shape index (κ2) is 8.19. The lowest BCUT2D eigenvalue weighted by Gasteiger charge is -2.42. The van der Waals surface area contributed by atoms with Gasteiger partial charge < -0.3 is 4.74 Å². The number of allylic oxidation sites excluding steroid dienone is 2. The fraction of sp³-hybridized carbons (Fsp3) is 0.483. The number of nitriles is 1. The Bertz CT molecular complexity index is 1020. The van der Waals surface area contributed by atoms with Gasteiger partial charge in [0.15, 0.2) is 0 Å². The van der Waals surface area contributed by atoms with Crippen LogP contribution in [0.25, 0.3) is 5.57 Å². The van der Waals surface area contributed by atoms with Crippen molar-refractivity contribution in [3.05, 3.63) is 70.3 Å². The Balaban J connectivity index is 2.01. The Morgan fingerprint density at radius 3 is 2.06 bits per heavy atom. The molecule has 1 aliphatic carbocycles. The highest BCUT2D eigenvalue weighted by atomic mass is 16.5. The molecule has 3 rings (SSSR count). The number of hydrogen-bond acceptors (Lipinski definition) is 2. The number of rotatable bonds is 4. The molecule has 31 heavy (non-hydrogen) atoms. The van der Waals surface area contributed by atoms with Gasteiger partial charge in [0, 0.05) is 11.6 Å². The van der Waals surface area contributed by atoms with Crippen LogP contribution in [0.3, 0.4) is 0 Å². The van der Waals surface area contributed by atoms with E-state index in [1.54, 1.807) is 6.08 Å². The number of benzene rings is 2. The molecule has 0 radical (unpaired) electrons. The highest BCUT2D eigenvalue weighted by Gasteiger charge is 2.38. The van der Waals surface area contributed by atoms with Crippen LogP contribution in [0.4, 0.5) is 0 Å². The van der Waals surface area contributed by atoms with E-state index in [1.165, 1.54) is 16.7 Å². The summed E-state index contributed by atoms with van der Waals surface area (Å²) in [5.74, 6) is 0.869. The summed E-state index contributed by atoms with van der Waals surface area (Å²) in [5.41, 5.74) is 7.57. The van der Waals surface area contributed by atoms with E-state index < -0.39 is 0 Å². The predicted octanol–water partition coefficient (Wildman–Crippen LogP) is 7.84. The van der Waals surface area contributed by atoms with E-state index in [0.717, 1.165) is 35.3 Å². The Kier molecular flexibility index (Phi) is 6.12. The zero-order valence-corrected chi connectivity index (χ0v) is 20.5. The SMILES string of the molecule is C/C(=C/C#N)c1cc2c(cc1OCc1ccc(C(C)(C)C)cc1)C(C)(C)CCC2(C)C. The largest absolute Gasteiger partial charge is 0.488 e. The van der Waals surface area contributed by atoms with Gasteiger partial charge in [-0.2, -0.15) is 5.26 Å². The molecule has 1 aliphatic rings. The van der Waals surface area contributed by atoms with Crippen LogP contribution >= 0.6 is 0 Å². The van der Waals surface area contributed by atoms with Gasteiger partial charge in [-0.3, -0.25) is 0 Å². The first-order chi connectivity index (χ1) is 14.3. The molecule has 0 amide bonds. The van der Waals surface area contributed by atoms with E-state index >= 15 is 0 Å². The standard InChI is InChI=1S/C29H37NO/c1-20(13-16-30)23-17-24-25(29(7,8)15-14-28(24,5)6)18-26(23)31-19-21-9-11-22(12-10-21)27(2,3)4/h9-13,17-18H,14-15,19H2,1-8H3/b20-13-. The molecular formula is C29H37NO. The first-order valence-electron chi connectivity index (χ1n) is 11.3. The number of hydrogen-bond donors (Lipinski definition) is 0. The molecule has 2 heteroatoms. The average molecular weight is 416 g/mol. The van der Waals surface area contributed by atoms with E-state index in [1.807, 2.05) is 6.92 Å². The molecule has 0 spiro atoms. The van der Waals surface area contributed by atoms with E-state index in [2.05, 4.69) is 90.9 Å². The molecule has 164 valence electrons. The van der Waals surface area contributed by atoms with Crippen LogP contribution in [0.1, 0.15) is 96.0 Å². The third-order valence-electron chi connectivity index (χ3n) is 6.87. The van der Waals surface area contributed by atoms with Crippen molar-refractivity contribution >= 4 is 5.57 Å². The monoisotopic (exact) mass is 415 g/mol. The van der Waals surface area contributed by atoms with Crippen LogP contribution in [0.5, 0.6) is 5.75 Å². The van der Waals surface area contributed by atoms with Crippen molar-refractivity contribution in [3.63, 3.8) is 0 Å². The quantitative estimate of drug-likeness (QED) is 0.476. The molecule has 0 N–H and O–H groups in total. The van der Waals surface area contributed by atoms with Crippen LogP contribution in [0, 0.1) is 11.3 Å². The van der Waals surface area contributed by atoms with E-state index in [0.29, 0.717) is 6.61 Å². The van der Waals surface area contributed by atoms with Gasteiger partial charge in [0.1, 0.15) is 12.4 Å². The van der Waals surface area contributed by atoms with Crippen molar-refractivity contribution in [2.24, 2.45) is 0 Å². The topological polar surface area (TPSA) is 33.0 Å². The zero-order valence-electron chi connectivity index (χ0n) is 20.5. The number of fused-ring (bicyclic) bond motifs is 1. The lowest BCUT2D eigenvalue weighted by atomic mass is 9.62. The van der Waals surface area contributed by atoms with E-state index in [4.69, 9.17) is 4.74 Å². The fourth-order valence-corrected chi connectivity index (χ4v) is 4.46. The molecule has 0 saturated heterocycles. The fourth-order valence-electron chi connectivity index (χ4n) is 4.46. The summed E-state index contributed by atoms with van der Waals surface area (Å²) in [6, 6.07) is 15.4. The minimum absolute atomic E-state index is 0.114. The maximum Gasteiger partial charge on any atom is 0.127 e. The minimum atomic E-state index is 0.114. The molecule has 0 fully saturated rings. The summed E-state index contributed by atoms with van der Waals surface area (Å²) >= 11 is 0. The summed E-state index contributed by atoms with van der Waals surface area (Å²) in [6.07, 6.45) is 3.94. The molecule has 2 aromatic rings. The van der Waals surface area contributed by atoms with Gasteiger partial charge in [0.25, 0.3) is 0 Å². The molecule has 0 unspecified atom stereocenters. The van der Waals surface area contributed by atoms with Crippen LogP contribution < -0.4 is 4.74 Å². The lowest BCUT2D eigenvalue weighted by Crippen LogP contribution is -2.34. The zero-order chi connectivity index (χ0) is 23.0. The summed E-state index contributed by atoms with van der Waals surface area (Å²) < 4.78 is 6.39. The number of nitrogens with zero attached hydrogens (tertiary/aromatic N) is 1. The molecular weight excluding hydrogens is 378 g/mol. The lowest BCUT2D eigenvalue weighted by molar-refractivity contribution is 0.298. The summed E-state index contributed by atoms with van der Waals surface area (Å²) in [4.78, 5) is 0. The summed E-state index contributed by atoms with van der Waals surface area (Å²) in [7, 11) is 0. The molecule has 0 aliphatic heterocycles. The van der Waals surface area contributed by atoms with Crippen LogP contribution in [0.2, 0.25) is 0 Å². The average Bonchev–Trinajstić information content (AvgIpc) is 2.69. The predicted molar refractivity (Wildman–Crippen MR) is 130 cm³/mol. The molecule has 0 heterocycles. The maximum atomic E-state index is 9.25. The van der Waals surface area contributed by atoms with E-state index in [-0.39, 0.29) is 16.2 Å². The smallest absolute Gasteiger partial charge is 0.127 e. The first kappa shape index (κ1) is 23.1. The Morgan fingerprint density at radius 1 is 1.00 bits per heavy atom. The van der Waals surface area contributed by atoms with Crippen LogP contribution in [-0.4, -0.2) is 0 Å². The molecule has 0 bridgehead atoms. The Hall–Kier alpha value is -2.53. The highest BCUT2D eigenvalue weighted by molar-refractivity contribution is 5.73. The minimum Gasteiger partial charge on any atom is -0.488 e. The maximum absolute atomic E-state index is 9.25. The third-order valence-corrected chi connectivity index (χ3v) is 6.87. The summed E-state index contributed by atoms with van der Waals surface area (Å²) in [5, 5.41) is 9.25. The van der Waals surface area contributed by atoms with Gasteiger partial charge in [0.2, 0.25) is 0 Å². The van der Waals surface area contributed by atoms with Gasteiger partial charge in [-0.25, -0.2) is 0 Å². The molecule has 0 saturated carbocycles. The van der Waals surface area contributed by atoms with Gasteiger partial charge in [-0.15, -0.1) is 0 Å². The molecule has 2 nitrogen and oxygen atoms in total. The van der Waals surface area contributed by atoms with Crippen LogP contribution in [0.15, 0.2) is 42.5 Å². The van der Waals surface area contributed by atoms with Crippen molar-refractivity contribution in [1.82, 2.24) is 0 Å². The van der Waals surface area contributed by atoms with Crippen molar-refractivity contribution in [1.29, 1.82) is 5.26 Å². The molecule has 0 atom stereocenters. The van der Waals surface area contributed by atoms with Gasteiger partial charge in [-0.1, -0.05) is 72.7 Å². The van der Waals surface area contributed by atoms with Gasteiger partial charge in [-0.05, 0) is 76.0 Å². The first-order valence-corrected chi connectivity index (χ1v) is 11.3. The van der Waals surface area contributed by atoms with Crippen molar-refractivity contribution in [2.75, 3.05) is 0 Å². The third kappa shape index (κ3) is 4.87. The highest BCUT2D eigenvalue weighted by Crippen LogP contribution is 2.48. The Morgan fingerprint density at radius 2 is 1.55 bits per heavy atom.